The van der Waals surface area contributed by atoms with E-state index < -0.39 is 5.60 Å². The number of aliphatic hydroxyl groups is 1. The van der Waals surface area contributed by atoms with Crippen molar-refractivity contribution in [3.8, 4) is 0 Å². The lowest BCUT2D eigenvalue weighted by Crippen LogP contribution is -2.52. The first-order valence-corrected chi connectivity index (χ1v) is 7.32. The summed E-state index contributed by atoms with van der Waals surface area (Å²) in [5.74, 6) is 0. The van der Waals surface area contributed by atoms with Gasteiger partial charge in [-0.25, -0.2) is 0 Å². The van der Waals surface area contributed by atoms with Crippen molar-refractivity contribution in [3.05, 3.63) is 0 Å². The molecule has 1 fully saturated rings. The van der Waals surface area contributed by atoms with Gasteiger partial charge in [-0.2, -0.15) is 0 Å². The molecule has 0 saturated carbocycles. The summed E-state index contributed by atoms with van der Waals surface area (Å²) in [5.41, 5.74) is -0.484. The van der Waals surface area contributed by atoms with E-state index in [1.54, 1.807) is 0 Å². The molecule has 0 aromatic carbocycles. The Kier molecular flexibility index (Phi) is 6.45. The van der Waals surface area contributed by atoms with Crippen molar-refractivity contribution in [1.29, 1.82) is 0 Å². The van der Waals surface area contributed by atoms with Gasteiger partial charge in [-0.05, 0) is 38.8 Å². The summed E-state index contributed by atoms with van der Waals surface area (Å²) >= 11 is 0. The first kappa shape index (κ1) is 14.9. The molecule has 1 unspecified atom stereocenters. The minimum atomic E-state index is -0.484. The number of piperidine rings is 1. The molecule has 1 aliphatic rings. The van der Waals surface area contributed by atoms with E-state index in [0.29, 0.717) is 6.04 Å². The molecule has 0 aromatic heterocycles. The lowest BCUT2D eigenvalue weighted by atomic mass is 9.93. The van der Waals surface area contributed by atoms with Gasteiger partial charge in [0.25, 0.3) is 0 Å². The van der Waals surface area contributed by atoms with E-state index in [0.717, 1.165) is 39.0 Å². The molecule has 0 bridgehead atoms. The Labute approximate surface area is 107 Å². The van der Waals surface area contributed by atoms with Crippen LogP contribution in [0.1, 0.15) is 52.9 Å². The molecule has 3 heteroatoms. The largest absolute Gasteiger partial charge is 0.389 e. The van der Waals surface area contributed by atoms with E-state index in [9.17, 15) is 5.11 Å². The molecule has 1 aliphatic heterocycles. The second-order valence-electron chi connectivity index (χ2n) is 5.36. The number of nitrogens with zero attached hydrogens (tertiary/aromatic N) is 1. The van der Waals surface area contributed by atoms with Crippen molar-refractivity contribution in [3.63, 3.8) is 0 Å². The Morgan fingerprint density at radius 3 is 2.53 bits per heavy atom. The van der Waals surface area contributed by atoms with E-state index in [-0.39, 0.29) is 0 Å². The normalized spacial score (nSPS) is 22.9. The van der Waals surface area contributed by atoms with Crippen LogP contribution in [0.3, 0.4) is 0 Å². The minimum Gasteiger partial charge on any atom is -0.389 e. The van der Waals surface area contributed by atoms with Gasteiger partial charge in [0.1, 0.15) is 0 Å². The quantitative estimate of drug-likeness (QED) is 0.717. The van der Waals surface area contributed by atoms with Crippen molar-refractivity contribution in [1.82, 2.24) is 10.2 Å². The maximum absolute atomic E-state index is 10.5. The number of nitrogens with one attached hydrogen (secondary N) is 1. The van der Waals surface area contributed by atoms with E-state index in [4.69, 9.17) is 0 Å². The first-order chi connectivity index (χ1) is 8.15. The molecule has 0 aliphatic carbocycles. The van der Waals surface area contributed by atoms with Crippen LogP contribution in [0.25, 0.3) is 0 Å². The Morgan fingerprint density at radius 1 is 1.24 bits per heavy atom. The van der Waals surface area contributed by atoms with Gasteiger partial charge in [-0.15, -0.1) is 0 Å². The van der Waals surface area contributed by atoms with Crippen LogP contribution >= 0.6 is 0 Å². The number of β-amino-alcohol motifs (C(OH)–C–C–N with tert-alkyl or cyclic N) is 1. The van der Waals surface area contributed by atoms with Crippen molar-refractivity contribution in [2.75, 3.05) is 26.2 Å². The van der Waals surface area contributed by atoms with Gasteiger partial charge in [-0.1, -0.05) is 27.2 Å². The van der Waals surface area contributed by atoms with E-state index in [1.807, 2.05) is 0 Å². The summed E-state index contributed by atoms with van der Waals surface area (Å²) in [6.45, 7) is 10.4. The molecular weight excluding hydrogens is 212 g/mol. The summed E-state index contributed by atoms with van der Waals surface area (Å²) in [4.78, 5) is 2.50. The van der Waals surface area contributed by atoms with Crippen LogP contribution in [-0.2, 0) is 0 Å². The van der Waals surface area contributed by atoms with Crippen molar-refractivity contribution in [2.24, 2.45) is 0 Å². The Hall–Kier alpha value is -0.120. The average molecular weight is 242 g/mol. The summed E-state index contributed by atoms with van der Waals surface area (Å²) in [6, 6.07) is 0.619. The molecular formula is C14H30N2O. The SMILES string of the molecule is CCNCC1CCCCN1CC(O)(CC)CC. The predicted molar refractivity (Wildman–Crippen MR) is 73.3 cm³/mol. The van der Waals surface area contributed by atoms with Crippen LogP contribution in [0.2, 0.25) is 0 Å². The molecule has 0 amide bonds. The number of likely N-dealkylation sites (N-methyl/N-ethyl adjacent to an activating group) is 1. The van der Waals surface area contributed by atoms with Gasteiger partial charge in [0.15, 0.2) is 0 Å². The smallest absolute Gasteiger partial charge is 0.0769 e. The molecule has 1 saturated heterocycles. The summed E-state index contributed by atoms with van der Waals surface area (Å²) in [5, 5.41) is 13.9. The van der Waals surface area contributed by atoms with E-state index >= 15 is 0 Å². The van der Waals surface area contributed by atoms with Crippen LogP contribution < -0.4 is 5.32 Å². The highest BCUT2D eigenvalue weighted by atomic mass is 16.3. The maximum atomic E-state index is 10.5. The van der Waals surface area contributed by atoms with Gasteiger partial charge in [0.2, 0.25) is 0 Å². The first-order valence-electron chi connectivity index (χ1n) is 7.32. The Balaban J connectivity index is 2.52. The molecule has 3 nitrogen and oxygen atoms in total. The van der Waals surface area contributed by atoms with Crippen LogP contribution in [-0.4, -0.2) is 47.8 Å². The zero-order valence-corrected chi connectivity index (χ0v) is 11.8. The summed E-state index contributed by atoms with van der Waals surface area (Å²) in [7, 11) is 0. The molecule has 2 N–H and O–H groups in total. The second-order valence-corrected chi connectivity index (χ2v) is 5.36. The fourth-order valence-corrected chi connectivity index (χ4v) is 2.66. The Morgan fingerprint density at radius 2 is 1.94 bits per heavy atom. The highest BCUT2D eigenvalue weighted by molar-refractivity contribution is 4.86. The Bertz CT molecular complexity index is 204. The standard InChI is InChI=1S/C14H30N2O/c1-4-14(17,5-2)12-16-10-8-7-9-13(16)11-15-6-3/h13,15,17H,4-12H2,1-3H3. The highest BCUT2D eigenvalue weighted by Gasteiger charge is 2.30. The van der Waals surface area contributed by atoms with Crippen molar-refractivity contribution >= 4 is 0 Å². The maximum Gasteiger partial charge on any atom is 0.0769 e. The van der Waals surface area contributed by atoms with E-state index in [2.05, 4.69) is 31.0 Å². The zero-order valence-electron chi connectivity index (χ0n) is 11.8. The third kappa shape index (κ3) is 4.57. The fraction of sp³-hybridized carbons (Fsp3) is 1.00. The lowest BCUT2D eigenvalue weighted by Gasteiger charge is -2.40. The predicted octanol–water partition coefficient (Wildman–Crippen LogP) is 2.00. The minimum absolute atomic E-state index is 0.484. The van der Waals surface area contributed by atoms with Gasteiger partial charge in [0, 0.05) is 19.1 Å². The fourth-order valence-electron chi connectivity index (χ4n) is 2.66. The molecule has 17 heavy (non-hydrogen) atoms. The van der Waals surface area contributed by atoms with Crippen LogP contribution in [0.4, 0.5) is 0 Å². The van der Waals surface area contributed by atoms with Crippen LogP contribution in [0.5, 0.6) is 0 Å². The molecule has 0 spiro atoms. The zero-order chi connectivity index (χ0) is 12.7. The van der Waals surface area contributed by atoms with Gasteiger partial charge in [0.05, 0.1) is 5.60 Å². The molecule has 1 rings (SSSR count). The van der Waals surface area contributed by atoms with Crippen molar-refractivity contribution < 1.29 is 5.11 Å². The van der Waals surface area contributed by atoms with Crippen LogP contribution in [0, 0.1) is 0 Å². The van der Waals surface area contributed by atoms with Crippen LogP contribution in [0.15, 0.2) is 0 Å². The molecule has 1 atom stereocenters. The van der Waals surface area contributed by atoms with Gasteiger partial charge in [-0.3, -0.25) is 4.90 Å². The number of hydrogen-bond acceptors (Lipinski definition) is 3. The third-order valence-corrected chi connectivity index (χ3v) is 4.19. The molecule has 1 heterocycles. The topological polar surface area (TPSA) is 35.5 Å². The highest BCUT2D eigenvalue weighted by Crippen LogP contribution is 2.23. The number of hydrogen-bond donors (Lipinski definition) is 2. The molecule has 102 valence electrons. The second kappa shape index (κ2) is 7.34. The van der Waals surface area contributed by atoms with Gasteiger partial charge < -0.3 is 10.4 Å². The monoisotopic (exact) mass is 242 g/mol. The molecule has 0 aromatic rings. The summed E-state index contributed by atoms with van der Waals surface area (Å²) in [6.07, 6.45) is 5.60. The lowest BCUT2D eigenvalue weighted by molar-refractivity contribution is -0.0224. The van der Waals surface area contributed by atoms with Gasteiger partial charge >= 0.3 is 0 Å². The summed E-state index contributed by atoms with van der Waals surface area (Å²) < 4.78 is 0. The van der Waals surface area contributed by atoms with E-state index in [1.165, 1.54) is 19.3 Å². The molecule has 0 radical (unpaired) electrons. The third-order valence-electron chi connectivity index (χ3n) is 4.19. The number of likely N-dealkylation sites (tertiary alicyclic amines) is 1. The van der Waals surface area contributed by atoms with Crippen molar-refractivity contribution in [2.45, 2.75) is 64.5 Å². The average Bonchev–Trinajstić information content (AvgIpc) is 2.37. The number of rotatable bonds is 7.